The maximum atomic E-state index is 2.46. The van der Waals surface area contributed by atoms with Gasteiger partial charge in [-0.25, -0.2) is 0 Å². The largest absolute Gasteiger partial charge is 0.115 e. The van der Waals surface area contributed by atoms with Crippen LogP contribution in [0.15, 0.2) is 91.0 Å². The third-order valence-electron chi connectivity index (χ3n) is 7.11. The third-order valence-corrected chi connectivity index (χ3v) is 12.3. The van der Waals surface area contributed by atoms with Gasteiger partial charge in [-0.2, -0.15) is 0 Å². The molecule has 1 heteroatoms. The normalized spacial score (nSPS) is 12.7. The predicted molar refractivity (Wildman–Crippen MR) is 151 cm³/mol. The molecular weight excluding hydrogens is 415 g/mol. The Labute approximate surface area is 204 Å². The fourth-order valence-electron chi connectivity index (χ4n) is 5.47. The zero-order chi connectivity index (χ0) is 23.4. The van der Waals surface area contributed by atoms with Gasteiger partial charge in [0.1, 0.15) is 23.2 Å². The average Bonchev–Trinajstić information content (AvgIpc) is 2.86. The first-order chi connectivity index (χ1) is 16.2. The molecule has 0 aromatic heterocycles. The molecule has 3 aromatic rings. The molecule has 1 unspecified atom stereocenters. The van der Waals surface area contributed by atoms with E-state index in [0.717, 1.165) is 0 Å². The van der Waals surface area contributed by atoms with Crippen LogP contribution < -0.4 is 15.9 Å². The molecule has 3 rings (SSSR count). The zero-order valence-corrected chi connectivity index (χ0v) is 22.0. The van der Waals surface area contributed by atoms with Crippen LogP contribution in [0.1, 0.15) is 78.6 Å². The Hall–Kier alpha value is -1.91. The van der Waals surface area contributed by atoms with E-state index in [1.807, 2.05) is 0 Å². The summed E-state index contributed by atoms with van der Waals surface area (Å²) < 4.78 is 0. The summed E-state index contributed by atoms with van der Waals surface area (Å²) in [5.41, 5.74) is 0.643. The number of rotatable bonds is 14. The SMILES string of the molecule is CCCCCCCCCCC(C(C)C)[P+](c1ccccc1)(c1ccccc1)c1ccccc1. The van der Waals surface area contributed by atoms with E-state index in [4.69, 9.17) is 0 Å². The summed E-state index contributed by atoms with van der Waals surface area (Å²) in [6.07, 6.45) is 12.4. The Balaban J connectivity index is 1.95. The van der Waals surface area contributed by atoms with Crippen molar-refractivity contribution in [3.8, 4) is 0 Å². The van der Waals surface area contributed by atoms with Crippen molar-refractivity contribution < 1.29 is 0 Å². The second-order valence-electron chi connectivity index (χ2n) is 9.80. The molecule has 0 aliphatic carbocycles. The Kier molecular flexibility index (Phi) is 10.7. The van der Waals surface area contributed by atoms with Gasteiger partial charge in [0.25, 0.3) is 0 Å². The minimum atomic E-state index is -1.79. The topological polar surface area (TPSA) is 0 Å². The van der Waals surface area contributed by atoms with Gasteiger partial charge in [-0.1, -0.05) is 120 Å². The molecule has 0 saturated heterocycles. The van der Waals surface area contributed by atoms with E-state index in [9.17, 15) is 0 Å². The lowest BCUT2D eigenvalue weighted by atomic mass is 10.0. The van der Waals surface area contributed by atoms with Crippen molar-refractivity contribution in [2.75, 3.05) is 0 Å². The van der Waals surface area contributed by atoms with Gasteiger partial charge in [-0.3, -0.25) is 0 Å². The average molecular weight is 460 g/mol. The molecule has 0 bridgehead atoms. The highest BCUT2D eigenvalue weighted by Crippen LogP contribution is 2.63. The number of hydrogen-bond acceptors (Lipinski definition) is 0. The Morgan fingerprint density at radius 1 is 0.515 bits per heavy atom. The van der Waals surface area contributed by atoms with Gasteiger partial charge in [-0.15, -0.1) is 0 Å². The van der Waals surface area contributed by atoms with Crippen molar-refractivity contribution in [1.29, 1.82) is 0 Å². The van der Waals surface area contributed by atoms with E-state index < -0.39 is 7.26 Å². The summed E-state index contributed by atoms with van der Waals surface area (Å²) >= 11 is 0. The van der Waals surface area contributed by atoms with E-state index in [1.165, 1.54) is 73.7 Å². The molecule has 0 fully saturated rings. The van der Waals surface area contributed by atoms with Gasteiger partial charge < -0.3 is 0 Å². The van der Waals surface area contributed by atoms with Crippen LogP contribution in [0.2, 0.25) is 0 Å². The van der Waals surface area contributed by atoms with Gasteiger partial charge in [-0.05, 0) is 55.2 Å². The van der Waals surface area contributed by atoms with Crippen molar-refractivity contribution >= 4 is 23.2 Å². The van der Waals surface area contributed by atoms with Gasteiger partial charge in [0.05, 0.1) is 5.66 Å². The quantitative estimate of drug-likeness (QED) is 0.167. The highest BCUT2D eigenvalue weighted by Gasteiger charge is 2.52. The van der Waals surface area contributed by atoms with Crippen molar-refractivity contribution in [1.82, 2.24) is 0 Å². The molecule has 176 valence electrons. The summed E-state index contributed by atoms with van der Waals surface area (Å²) in [6.45, 7) is 7.21. The standard InChI is InChI=1S/C32H44P/c1-4-5-6-7-8-9-10-20-27-32(28(2)3)33(29-21-14-11-15-22-29,30-23-16-12-17-24-30)31-25-18-13-19-26-31/h11-19,21-26,28,32H,4-10,20,27H2,1-3H3/q+1. The summed E-state index contributed by atoms with van der Waals surface area (Å²) in [5, 5.41) is 4.59. The summed E-state index contributed by atoms with van der Waals surface area (Å²) in [4.78, 5) is 0. The zero-order valence-electron chi connectivity index (χ0n) is 21.1. The van der Waals surface area contributed by atoms with E-state index in [0.29, 0.717) is 11.6 Å². The molecule has 0 saturated carbocycles. The van der Waals surface area contributed by atoms with Crippen LogP contribution in [0.25, 0.3) is 0 Å². The second-order valence-corrected chi connectivity index (χ2v) is 13.5. The summed E-state index contributed by atoms with van der Waals surface area (Å²) in [5.74, 6) is 0.628. The molecule has 3 aromatic carbocycles. The van der Waals surface area contributed by atoms with Crippen LogP contribution in [0.5, 0.6) is 0 Å². The van der Waals surface area contributed by atoms with Crippen LogP contribution >= 0.6 is 7.26 Å². The molecule has 0 radical (unpaired) electrons. The Bertz CT molecular complexity index is 789. The molecule has 0 amide bonds. The van der Waals surface area contributed by atoms with Crippen molar-refractivity contribution in [3.05, 3.63) is 91.0 Å². The monoisotopic (exact) mass is 459 g/mol. The molecule has 0 spiro atoms. The van der Waals surface area contributed by atoms with E-state index in [2.05, 4.69) is 112 Å². The van der Waals surface area contributed by atoms with Gasteiger partial charge >= 0.3 is 0 Å². The van der Waals surface area contributed by atoms with E-state index in [-0.39, 0.29) is 0 Å². The molecular formula is C32H44P+. The Morgan fingerprint density at radius 2 is 0.879 bits per heavy atom. The number of unbranched alkanes of at least 4 members (excludes halogenated alkanes) is 7. The lowest BCUT2D eigenvalue weighted by Gasteiger charge is -2.37. The van der Waals surface area contributed by atoms with Crippen LogP contribution in [-0.4, -0.2) is 5.66 Å². The maximum Gasteiger partial charge on any atom is 0.115 e. The van der Waals surface area contributed by atoms with Gasteiger partial charge in [0.2, 0.25) is 0 Å². The summed E-state index contributed by atoms with van der Waals surface area (Å²) in [7, 11) is -1.79. The highest BCUT2D eigenvalue weighted by atomic mass is 31.2. The fraction of sp³-hybridized carbons (Fsp3) is 0.438. The minimum absolute atomic E-state index is 0.628. The molecule has 0 N–H and O–H groups in total. The molecule has 0 nitrogen and oxygen atoms in total. The van der Waals surface area contributed by atoms with Crippen molar-refractivity contribution in [3.63, 3.8) is 0 Å². The third kappa shape index (κ3) is 6.58. The summed E-state index contributed by atoms with van der Waals surface area (Å²) in [6, 6.07) is 34.3. The van der Waals surface area contributed by atoms with E-state index >= 15 is 0 Å². The predicted octanol–water partition coefficient (Wildman–Crippen LogP) is 8.54. The number of benzene rings is 3. The van der Waals surface area contributed by atoms with Gasteiger partial charge in [0, 0.05) is 0 Å². The molecule has 0 aliphatic rings. The molecule has 1 atom stereocenters. The lowest BCUT2D eigenvalue weighted by molar-refractivity contribution is 0.513. The number of hydrogen-bond donors (Lipinski definition) is 0. The lowest BCUT2D eigenvalue weighted by Crippen LogP contribution is -2.41. The maximum absolute atomic E-state index is 2.46. The molecule has 33 heavy (non-hydrogen) atoms. The smallest absolute Gasteiger partial charge is 0.0654 e. The Morgan fingerprint density at radius 3 is 1.24 bits per heavy atom. The first-order valence-corrected chi connectivity index (χ1v) is 15.1. The highest BCUT2D eigenvalue weighted by molar-refractivity contribution is 7.96. The van der Waals surface area contributed by atoms with Crippen LogP contribution in [0.4, 0.5) is 0 Å². The van der Waals surface area contributed by atoms with Crippen molar-refractivity contribution in [2.24, 2.45) is 5.92 Å². The van der Waals surface area contributed by atoms with Crippen LogP contribution in [0.3, 0.4) is 0 Å². The van der Waals surface area contributed by atoms with Gasteiger partial charge in [0.15, 0.2) is 0 Å². The van der Waals surface area contributed by atoms with Crippen molar-refractivity contribution in [2.45, 2.75) is 84.2 Å². The molecule has 0 aliphatic heterocycles. The van der Waals surface area contributed by atoms with Crippen LogP contribution in [0, 0.1) is 5.92 Å². The van der Waals surface area contributed by atoms with Crippen LogP contribution in [-0.2, 0) is 0 Å². The first kappa shape index (κ1) is 25.7. The first-order valence-electron chi connectivity index (χ1n) is 13.3. The second kappa shape index (κ2) is 13.7. The van der Waals surface area contributed by atoms with E-state index in [1.54, 1.807) is 0 Å². The fourth-order valence-corrected chi connectivity index (χ4v) is 10.9. The molecule has 0 heterocycles. The minimum Gasteiger partial charge on any atom is -0.0654 e.